The van der Waals surface area contributed by atoms with Crippen molar-refractivity contribution >= 4 is 56.3 Å². The monoisotopic (exact) mass is 531 g/mol. The number of ether oxygens (including phenoxy) is 1. The Morgan fingerprint density at radius 3 is 2.65 bits per heavy atom. The molecule has 184 valence electrons. The van der Waals surface area contributed by atoms with Gasteiger partial charge in [-0.3, -0.25) is 4.74 Å². The number of rotatable bonds is 11. The number of nitrogens with one attached hydrogen (secondary N) is 2. The molecule has 5 N–H and O–H groups in total. The smallest absolute Gasteiger partial charge is 0.349 e. The van der Waals surface area contributed by atoms with Crippen molar-refractivity contribution in [3.8, 4) is 0 Å². The number of anilines is 3. The molecule has 2 heterocycles. The molecule has 0 bridgehead atoms. The number of imidazole rings is 1. The Kier molecular flexibility index (Phi) is 8.26. The number of hydrogen-bond acceptors (Lipinski definition) is 9. The molecule has 0 aliphatic carbocycles. The van der Waals surface area contributed by atoms with Crippen LogP contribution in [0.2, 0.25) is 5.02 Å². The molecule has 0 aliphatic heterocycles. The Morgan fingerprint density at radius 2 is 2.06 bits per heavy atom. The van der Waals surface area contributed by atoms with Crippen molar-refractivity contribution in [1.82, 2.24) is 19.5 Å². The summed E-state index contributed by atoms with van der Waals surface area (Å²) in [7, 11) is -6.97. The minimum Gasteiger partial charge on any atom is -0.349 e. The lowest BCUT2D eigenvalue weighted by Gasteiger charge is -2.21. The number of fused-ring (bicyclic) bond motifs is 1. The second-order valence-electron chi connectivity index (χ2n) is 7.76. The highest BCUT2D eigenvalue weighted by Crippen LogP contribution is 2.55. The first kappa shape index (κ1) is 26.4. The molecule has 12 nitrogen and oxygen atoms in total. The van der Waals surface area contributed by atoms with Crippen molar-refractivity contribution in [2.24, 2.45) is 0 Å². The van der Waals surface area contributed by atoms with Gasteiger partial charge in [0.25, 0.3) is 0 Å². The summed E-state index contributed by atoms with van der Waals surface area (Å²) in [5.74, 6) is 0.608. The SMILES string of the molecule is CCC(COC(O)([PH+]=O)P(=O)(O)O)Nc1nc(Nc2cccc(Cl)c2)c2ncn(C(C)C)c2n1. The van der Waals surface area contributed by atoms with E-state index in [1.165, 1.54) is 0 Å². The second-order valence-corrected chi connectivity index (χ2v) is 11.2. The van der Waals surface area contributed by atoms with Crippen LogP contribution in [-0.4, -0.2) is 52.3 Å². The highest BCUT2D eigenvalue weighted by molar-refractivity contribution is 7.62. The molecule has 3 unspecified atom stereocenters. The molecule has 0 amide bonds. The molecule has 0 saturated carbocycles. The van der Waals surface area contributed by atoms with E-state index in [0.29, 0.717) is 34.1 Å². The van der Waals surface area contributed by atoms with Crippen LogP contribution in [0.1, 0.15) is 33.2 Å². The van der Waals surface area contributed by atoms with Gasteiger partial charge in [0.2, 0.25) is 5.95 Å². The Morgan fingerprint density at radius 1 is 1.32 bits per heavy atom. The summed E-state index contributed by atoms with van der Waals surface area (Å²) in [6, 6.07) is 6.59. The van der Waals surface area contributed by atoms with Gasteiger partial charge in [0.15, 0.2) is 17.0 Å². The molecule has 2 aromatic heterocycles. The highest BCUT2D eigenvalue weighted by Gasteiger charge is 2.57. The standard InChI is InChI=1S/C19H25ClN6O6P2/c1-4-13(9-32-19(27,33-28)34(29,30)31)23-18-24-16(22-14-7-5-6-12(20)8-14)15-17(25-18)26(10-21-15)11(2)3/h5-8,10-11,13,27H,4,9H2,1-3H3,(H2,29,30,31)(H2,22,23,24,25)/p+1. The van der Waals surface area contributed by atoms with Gasteiger partial charge in [0.05, 0.1) is 19.0 Å². The fraction of sp³-hybridized carbons (Fsp3) is 0.421. The van der Waals surface area contributed by atoms with Crippen molar-refractivity contribution in [3.63, 3.8) is 0 Å². The fourth-order valence-corrected chi connectivity index (χ4v) is 4.03. The van der Waals surface area contributed by atoms with Crippen molar-refractivity contribution in [1.29, 1.82) is 0 Å². The third-order valence-electron chi connectivity index (χ3n) is 4.90. The zero-order chi connectivity index (χ0) is 25.1. The van der Waals surface area contributed by atoms with E-state index in [1.54, 1.807) is 31.5 Å². The Balaban J connectivity index is 1.93. The third-order valence-corrected chi connectivity index (χ3v) is 7.62. The van der Waals surface area contributed by atoms with Gasteiger partial charge < -0.3 is 30.1 Å². The molecule has 34 heavy (non-hydrogen) atoms. The summed E-state index contributed by atoms with van der Waals surface area (Å²) in [4.78, 5) is 32.0. The molecule has 0 saturated heterocycles. The zero-order valence-electron chi connectivity index (χ0n) is 18.6. The maximum atomic E-state index is 11.5. The summed E-state index contributed by atoms with van der Waals surface area (Å²) >= 11 is 6.09. The Bertz CT molecular complexity index is 1220. The Hall–Kier alpha value is -2.17. The molecule has 3 rings (SSSR count). The Labute approximate surface area is 202 Å². The molecule has 0 fully saturated rings. The van der Waals surface area contributed by atoms with E-state index in [0.717, 1.165) is 0 Å². The van der Waals surface area contributed by atoms with E-state index in [2.05, 4.69) is 25.6 Å². The van der Waals surface area contributed by atoms with E-state index in [1.807, 2.05) is 24.5 Å². The van der Waals surface area contributed by atoms with Crippen LogP contribution in [0.5, 0.6) is 0 Å². The van der Waals surface area contributed by atoms with E-state index in [-0.39, 0.29) is 18.6 Å². The molecular formula is C19H26ClN6O6P2+. The van der Waals surface area contributed by atoms with Crippen molar-refractivity contribution < 1.29 is 28.8 Å². The lowest BCUT2D eigenvalue weighted by atomic mass is 10.2. The molecule has 3 aromatic rings. The van der Waals surface area contributed by atoms with Crippen LogP contribution >= 0.6 is 27.7 Å². The molecule has 0 spiro atoms. The van der Waals surface area contributed by atoms with Gasteiger partial charge in [-0.25, -0.2) is 9.55 Å². The average molecular weight is 532 g/mol. The summed E-state index contributed by atoms with van der Waals surface area (Å²) in [5.41, 5.74) is 1.78. The third kappa shape index (κ3) is 5.90. The number of hydrogen-bond donors (Lipinski definition) is 5. The van der Waals surface area contributed by atoms with Crippen LogP contribution < -0.4 is 10.6 Å². The number of halogens is 1. The van der Waals surface area contributed by atoms with E-state index in [4.69, 9.17) is 16.3 Å². The van der Waals surface area contributed by atoms with Crippen molar-refractivity contribution in [2.45, 2.75) is 44.5 Å². The lowest BCUT2D eigenvalue weighted by molar-refractivity contribution is -0.0904. The summed E-state index contributed by atoms with van der Waals surface area (Å²) < 4.78 is 29.5. The number of aromatic nitrogens is 4. The van der Waals surface area contributed by atoms with Gasteiger partial charge in [-0.1, -0.05) is 29.2 Å². The average Bonchev–Trinajstić information content (AvgIpc) is 3.20. The van der Waals surface area contributed by atoms with Crippen molar-refractivity contribution in [2.75, 3.05) is 17.2 Å². The minimum absolute atomic E-state index is 0.0633. The highest BCUT2D eigenvalue weighted by atomic mass is 35.5. The van der Waals surface area contributed by atoms with E-state index in [9.17, 15) is 24.0 Å². The van der Waals surface area contributed by atoms with Gasteiger partial charge in [0, 0.05) is 16.8 Å². The predicted octanol–water partition coefficient (Wildman–Crippen LogP) is 3.82. The van der Waals surface area contributed by atoms with E-state index < -0.39 is 27.4 Å². The van der Waals surface area contributed by atoms with Crippen molar-refractivity contribution in [3.05, 3.63) is 35.6 Å². The molecule has 0 radical (unpaired) electrons. The molecule has 3 atom stereocenters. The zero-order valence-corrected chi connectivity index (χ0v) is 21.3. The predicted molar refractivity (Wildman–Crippen MR) is 130 cm³/mol. The number of benzene rings is 1. The van der Waals surface area contributed by atoms with Gasteiger partial charge in [-0.15, -0.1) is 0 Å². The van der Waals surface area contributed by atoms with Gasteiger partial charge in [-0.2, -0.15) is 9.97 Å². The molecule has 15 heteroatoms. The first-order valence-corrected chi connectivity index (χ1v) is 13.2. The first-order chi connectivity index (χ1) is 16.0. The molecule has 1 aromatic carbocycles. The van der Waals surface area contributed by atoms with Crippen LogP contribution in [0, 0.1) is 0 Å². The fourth-order valence-electron chi connectivity index (χ4n) is 2.98. The minimum atomic E-state index is -5.19. The normalized spacial score (nSPS) is 14.9. The van der Waals surface area contributed by atoms with Crippen LogP contribution in [0.4, 0.5) is 17.5 Å². The van der Waals surface area contributed by atoms with E-state index >= 15 is 0 Å². The van der Waals surface area contributed by atoms with Crippen LogP contribution in [0.25, 0.3) is 11.2 Å². The van der Waals surface area contributed by atoms with Crippen LogP contribution in [0.15, 0.2) is 30.6 Å². The largest absolute Gasteiger partial charge is 0.471 e. The molecule has 0 aliphatic rings. The topological polar surface area (TPSA) is 172 Å². The van der Waals surface area contributed by atoms with Crippen LogP contribution in [0.3, 0.4) is 0 Å². The maximum absolute atomic E-state index is 11.5. The summed E-state index contributed by atoms with van der Waals surface area (Å²) in [6.45, 7) is 5.39. The van der Waals surface area contributed by atoms with Gasteiger partial charge in [0.1, 0.15) is 0 Å². The number of nitrogens with zero attached hydrogens (tertiary/aromatic N) is 4. The molecular weight excluding hydrogens is 506 g/mol. The van der Waals surface area contributed by atoms with Crippen LogP contribution in [-0.2, 0) is 13.9 Å². The van der Waals surface area contributed by atoms with Gasteiger partial charge >= 0.3 is 21.3 Å². The van der Waals surface area contributed by atoms with Gasteiger partial charge in [-0.05, 0) is 38.5 Å². The second kappa shape index (κ2) is 10.6. The summed E-state index contributed by atoms with van der Waals surface area (Å²) in [6.07, 6.45) is 2.08. The first-order valence-electron chi connectivity index (χ1n) is 10.3. The quantitative estimate of drug-likeness (QED) is 0.180. The lowest BCUT2D eigenvalue weighted by Crippen LogP contribution is -2.33. The maximum Gasteiger partial charge on any atom is 0.471 e. The number of aliphatic hydroxyl groups is 1. The summed E-state index contributed by atoms with van der Waals surface area (Å²) in [5, 5.41) is 13.6.